The Labute approximate surface area is 96.3 Å². The van der Waals surface area contributed by atoms with Crippen LogP contribution in [0.4, 0.5) is 5.69 Å². The first-order chi connectivity index (χ1) is 7.88. The summed E-state index contributed by atoms with van der Waals surface area (Å²) in [7, 11) is 0. The molecule has 1 fully saturated rings. The van der Waals surface area contributed by atoms with E-state index in [4.69, 9.17) is 0 Å². The Hall–Kier alpha value is -1.31. The molecule has 1 aromatic carbocycles. The Morgan fingerprint density at radius 1 is 1.38 bits per heavy atom. The predicted octanol–water partition coefficient (Wildman–Crippen LogP) is 2.20. The average molecular weight is 215 g/mol. The van der Waals surface area contributed by atoms with Crippen LogP contribution in [0.1, 0.15) is 24.0 Å². The van der Waals surface area contributed by atoms with Gasteiger partial charge in [-0.05, 0) is 42.4 Å². The quantitative estimate of drug-likeness (QED) is 0.718. The summed E-state index contributed by atoms with van der Waals surface area (Å²) in [4.78, 5) is 13.1. The van der Waals surface area contributed by atoms with Crippen molar-refractivity contribution in [1.29, 1.82) is 0 Å². The molecule has 1 aliphatic heterocycles. The van der Waals surface area contributed by atoms with Crippen LogP contribution in [0.3, 0.4) is 0 Å². The topological polar surface area (TPSA) is 20.3 Å². The van der Waals surface area contributed by atoms with Gasteiger partial charge in [-0.1, -0.05) is 12.1 Å². The molecular formula is C14H17NO. The second-order valence-electron chi connectivity index (χ2n) is 4.92. The van der Waals surface area contributed by atoms with E-state index in [1.54, 1.807) is 0 Å². The number of carbonyl (C=O) groups is 1. The summed E-state index contributed by atoms with van der Waals surface area (Å²) in [6.45, 7) is 2.36. The molecule has 0 atom stereocenters. The van der Waals surface area contributed by atoms with E-state index < -0.39 is 0 Å². The molecule has 1 saturated carbocycles. The molecule has 1 heterocycles. The summed E-state index contributed by atoms with van der Waals surface area (Å²) in [5.41, 5.74) is 4.02. The van der Waals surface area contributed by atoms with Gasteiger partial charge in [0.1, 0.15) is 6.29 Å². The highest BCUT2D eigenvalue weighted by molar-refractivity contribution is 5.65. The van der Waals surface area contributed by atoms with Crippen molar-refractivity contribution in [2.24, 2.45) is 5.92 Å². The smallest absolute Gasteiger partial charge is 0.124 e. The molecule has 1 aromatic rings. The van der Waals surface area contributed by atoms with Crippen LogP contribution in [-0.2, 0) is 17.6 Å². The van der Waals surface area contributed by atoms with Crippen LogP contribution < -0.4 is 4.90 Å². The number of nitrogens with zero attached hydrogens (tertiary/aromatic N) is 1. The van der Waals surface area contributed by atoms with Crippen molar-refractivity contribution in [1.82, 2.24) is 0 Å². The van der Waals surface area contributed by atoms with Gasteiger partial charge in [0.25, 0.3) is 0 Å². The molecule has 0 unspecified atom stereocenters. The van der Waals surface area contributed by atoms with Crippen molar-refractivity contribution in [2.75, 3.05) is 18.0 Å². The molecule has 0 aromatic heterocycles. The molecule has 2 nitrogen and oxygen atoms in total. The first-order valence-electron chi connectivity index (χ1n) is 6.18. The molecule has 0 radical (unpaired) electrons. The second-order valence-corrected chi connectivity index (χ2v) is 4.92. The fourth-order valence-electron chi connectivity index (χ4n) is 2.66. The summed E-state index contributed by atoms with van der Waals surface area (Å²) in [6, 6.07) is 6.38. The maximum Gasteiger partial charge on any atom is 0.124 e. The predicted molar refractivity (Wildman–Crippen MR) is 64.9 cm³/mol. The molecule has 2 heteroatoms. The number of rotatable bonds is 4. The maximum absolute atomic E-state index is 10.6. The number of hydrogen-bond donors (Lipinski definition) is 0. The molecule has 0 amide bonds. The van der Waals surface area contributed by atoms with E-state index >= 15 is 0 Å². The Morgan fingerprint density at radius 3 is 3.00 bits per heavy atom. The number of carbonyl (C=O) groups excluding carboxylic acids is 1. The van der Waals surface area contributed by atoms with Gasteiger partial charge in [0.15, 0.2) is 0 Å². The van der Waals surface area contributed by atoms with Crippen LogP contribution in [0, 0.1) is 5.92 Å². The highest BCUT2D eigenvalue weighted by Gasteiger charge is 2.28. The van der Waals surface area contributed by atoms with E-state index in [9.17, 15) is 4.79 Å². The van der Waals surface area contributed by atoms with Gasteiger partial charge < -0.3 is 9.69 Å². The molecule has 2 aliphatic rings. The highest BCUT2D eigenvalue weighted by Crippen LogP contribution is 2.36. The SMILES string of the molecule is O=CCc1cccc2c1CCN2CC1CC1. The minimum Gasteiger partial charge on any atom is -0.371 e. The lowest BCUT2D eigenvalue weighted by Crippen LogP contribution is -2.22. The van der Waals surface area contributed by atoms with Crippen LogP contribution in [0.2, 0.25) is 0 Å². The summed E-state index contributed by atoms with van der Waals surface area (Å²) in [6.07, 6.45) is 5.51. The van der Waals surface area contributed by atoms with Gasteiger partial charge in [-0.2, -0.15) is 0 Å². The Balaban J connectivity index is 1.86. The molecule has 3 rings (SSSR count). The zero-order valence-corrected chi connectivity index (χ0v) is 9.48. The summed E-state index contributed by atoms with van der Waals surface area (Å²) in [5, 5.41) is 0. The summed E-state index contributed by atoms with van der Waals surface area (Å²) in [5.74, 6) is 0.931. The molecule has 16 heavy (non-hydrogen) atoms. The van der Waals surface area contributed by atoms with E-state index in [0.717, 1.165) is 25.2 Å². The molecule has 0 bridgehead atoms. The first kappa shape index (κ1) is 9.88. The normalized spacial score (nSPS) is 18.6. The van der Waals surface area contributed by atoms with Crippen LogP contribution in [0.5, 0.6) is 0 Å². The van der Waals surface area contributed by atoms with Crippen LogP contribution >= 0.6 is 0 Å². The van der Waals surface area contributed by atoms with Crippen molar-refractivity contribution in [2.45, 2.75) is 25.7 Å². The maximum atomic E-state index is 10.6. The molecule has 0 spiro atoms. The minimum atomic E-state index is 0.570. The van der Waals surface area contributed by atoms with Crippen molar-refractivity contribution in [3.8, 4) is 0 Å². The minimum absolute atomic E-state index is 0.570. The number of fused-ring (bicyclic) bond motifs is 1. The Kier molecular flexibility index (Phi) is 2.43. The zero-order valence-electron chi connectivity index (χ0n) is 9.48. The van der Waals surface area contributed by atoms with Crippen LogP contribution in [-0.4, -0.2) is 19.4 Å². The van der Waals surface area contributed by atoms with Gasteiger partial charge in [-0.3, -0.25) is 0 Å². The second kappa shape index (κ2) is 3.93. The number of anilines is 1. The lowest BCUT2D eigenvalue weighted by Gasteiger charge is -2.19. The van der Waals surface area contributed by atoms with Gasteiger partial charge in [0.2, 0.25) is 0 Å². The number of benzene rings is 1. The Bertz CT molecular complexity index is 409. The van der Waals surface area contributed by atoms with Gasteiger partial charge in [0.05, 0.1) is 0 Å². The third-order valence-electron chi connectivity index (χ3n) is 3.70. The fraction of sp³-hybridized carbons (Fsp3) is 0.500. The zero-order chi connectivity index (χ0) is 11.0. The monoisotopic (exact) mass is 215 g/mol. The van der Waals surface area contributed by atoms with Crippen LogP contribution in [0.25, 0.3) is 0 Å². The Morgan fingerprint density at radius 2 is 2.25 bits per heavy atom. The number of aldehydes is 1. The summed E-state index contributed by atoms with van der Waals surface area (Å²) < 4.78 is 0. The van der Waals surface area contributed by atoms with Gasteiger partial charge in [-0.25, -0.2) is 0 Å². The molecule has 1 aliphatic carbocycles. The lowest BCUT2D eigenvalue weighted by molar-refractivity contribution is -0.107. The fourth-order valence-corrected chi connectivity index (χ4v) is 2.66. The lowest BCUT2D eigenvalue weighted by atomic mass is 10.0. The van der Waals surface area contributed by atoms with E-state index in [-0.39, 0.29) is 0 Å². The summed E-state index contributed by atoms with van der Waals surface area (Å²) >= 11 is 0. The molecule has 0 N–H and O–H groups in total. The van der Waals surface area contributed by atoms with Crippen LogP contribution in [0.15, 0.2) is 18.2 Å². The molecule has 0 saturated heterocycles. The number of hydrogen-bond acceptors (Lipinski definition) is 2. The van der Waals surface area contributed by atoms with Gasteiger partial charge in [0, 0.05) is 25.2 Å². The van der Waals surface area contributed by atoms with Gasteiger partial charge in [-0.15, -0.1) is 0 Å². The van der Waals surface area contributed by atoms with Crippen molar-refractivity contribution in [3.05, 3.63) is 29.3 Å². The van der Waals surface area contributed by atoms with Crippen molar-refractivity contribution in [3.63, 3.8) is 0 Å². The third-order valence-corrected chi connectivity index (χ3v) is 3.70. The standard InChI is InChI=1S/C14H17NO/c16-9-7-12-2-1-3-14-13(12)6-8-15(14)10-11-4-5-11/h1-3,9,11H,4-8,10H2. The molecule has 84 valence electrons. The first-order valence-corrected chi connectivity index (χ1v) is 6.18. The van der Waals surface area contributed by atoms with E-state index in [1.807, 2.05) is 0 Å². The van der Waals surface area contributed by atoms with E-state index in [2.05, 4.69) is 23.1 Å². The van der Waals surface area contributed by atoms with E-state index in [1.165, 1.54) is 36.2 Å². The van der Waals surface area contributed by atoms with Crippen molar-refractivity contribution >= 4 is 12.0 Å². The average Bonchev–Trinajstić information content (AvgIpc) is 3.01. The largest absolute Gasteiger partial charge is 0.371 e. The van der Waals surface area contributed by atoms with E-state index in [0.29, 0.717) is 6.42 Å². The van der Waals surface area contributed by atoms with Crippen molar-refractivity contribution < 1.29 is 4.79 Å². The van der Waals surface area contributed by atoms with Gasteiger partial charge >= 0.3 is 0 Å². The molecular weight excluding hydrogens is 198 g/mol. The third kappa shape index (κ3) is 1.73. The highest BCUT2D eigenvalue weighted by atomic mass is 16.1.